The van der Waals surface area contributed by atoms with Crippen LogP contribution in [0.3, 0.4) is 0 Å². The first-order valence-electron chi connectivity index (χ1n) is 22.7. The molecule has 12 rings (SSSR count). The maximum absolute atomic E-state index is 2.57. The minimum absolute atomic E-state index is 0.568. The smallest absolute Gasteiger partial charge is 0.0540 e. The standard InChI is InChI=1S/C62H47N/c1-2-18-42(19-3-1)48-29-14-22-45-23-15-34-58(62(45)48)57-28-10-13-37-61(57)63(59-35-11-8-26-55(59)51-32-16-30-49-46-24-6-4-20-43(46)38-40-53(49)51)60-36-12-9-27-56(60)52-33-17-31-50-47-25-7-5-21-44(47)39-41-54(50)52/h4-17,20-42H,1-3,18-19H2. The first kappa shape index (κ1) is 37.3. The summed E-state index contributed by atoms with van der Waals surface area (Å²) in [6, 6.07) is 81.6. The molecule has 0 saturated heterocycles. The molecule has 1 nitrogen and oxygen atoms in total. The summed E-state index contributed by atoms with van der Waals surface area (Å²) in [7, 11) is 0. The average molecular weight is 806 g/mol. The van der Waals surface area contributed by atoms with Crippen molar-refractivity contribution < 1.29 is 0 Å². The molecule has 63 heavy (non-hydrogen) atoms. The van der Waals surface area contributed by atoms with Crippen LogP contribution in [0.1, 0.15) is 43.6 Å². The van der Waals surface area contributed by atoms with Gasteiger partial charge in [0.1, 0.15) is 0 Å². The van der Waals surface area contributed by atoms with Gasteiger partial charge >= 0.3 is 0 Å². The summed E-state index contributed by atoms with van der Waals surface area (Å²) in [4.78, 5) is 2.57. The molecule has 0 spiro atoms. The van der Waals surface area contributed by atoms with E-state index in [2.05, 4.69) is 223 Å². The molecule has 0 aliphatic heterocycles. The van der Waals surface area contributed by atoms with Crippen molar-refractivity contribution in [2.45, 2.75) is 38.0 Å². The number of hydrogen-bond acceptors (Lipinski definition) is 1. The molecule has 11 aromatic carbocycles. The van der Waals surface area contributed by atoms with E-state index in [9.17, 15) is 0 Å². The van der Waals surface area contributed by atoms with Crippen LogP contribution in [-0.2, 0) is 0 Å². The lowest BCUT2D eigenvalue weighted by Crippen LogP contribution is -2.14. The summed E-state index contributed by atoms with van der Waals surface area (Å²) in [5, 5.41) is 12.8. The normalized spacial score (nSPS) is 13.3. The molecular weight excluding hydrogens is 759 g/mol. The lowest BCUT2D eigenvalue weighted by Gasteiger charge is -2.32. The van der Waals surface area contributed by atoms with Crippen LogP contribution < -0.4 is 4.90 Å². The summed E-state index contributed by atoms with van der Waals surface area (Å²) in [5.41, 5.74) is 12.2. The number of rotatable bonds is 7. The topological polar surface area (TPSA) is 3.24 Å². The van der Waals surface area contributed by atoms with Gasteiger partial charge in [0, 0.05) is 16.7 Å². The van der Waals surface area contributed by atoms with Crippen LogP contribution in [0.15, 0.2) is 218 Å². The number of hydrogen-bond donors (Lipinski definition) is 0. The molecular formula is C62H47N. The maximum atomic E-state index is 2.57. The highest BCUT2D eigenvalue weighted by atomic mass is 15.1. The summed E-state index contributed by atoms with van der Waals surface area (Å²) >= 11 is 0. The van der Waals surface area contributed by atoms with Crippen molar-refractivity contribution in [1.29, 1.82) is 0 Å². The lowest BCUT2D eigenvalue weighted by molar-refractivity contribution is 0.445. The molecule has 0 unspecified atom stereocenters. The van der Waals surface area contributed by atoms with Crippen LogP contribution in [0.2, 0.25) is 0 Å². The van der Waals surface area contributed by atoms with E-state index in [0.29, 0.717) is 5.92 Å². The first-order chi connectivity index (χ1) is 31.3. The zero-order valence-corrected chi connectivity index (χ0v) is 35.3. The largest absolute Gasteiger partial charge is 0.309 e. The third-order valence-corrected chi connectivity index (χ3v) is 13.9. The van der Waals surface area contributed by atoms with Crippen molar-refractivity contribution in [3.8, 4) is 33.4 Å². The average Bonchev–Trinajstić information content (AvgIpc) is 3.36. The van der Waals surface area contributed by atoms with Crippen molar-refractivity contribution in [1.82, 2.24) is 0 Å². The van der Waals surface area contributed by atoms with E-state index in [0.717, 1.165) is 17.1 Å². The molecule has 0 bridgehead atoms. The monoisotopic (exact) mass is 805 g/mol. The van der Waals surface area contributed by atoms with Crippen molar-refractivity contribution in [2.24, 2.45) is 0 Å². The van der Waals surface area contributed by atoms with Crippen LogP contribution >= 0.6 is 0 Å². The van der Waals surface area contributed by atoms with E-state index in [4.69, 9.17) is 0 Å². The Kier molecular flexibility index (Phi) is 9.33. The number of benzene rings is 11. The SMILES string of the molecule is c1ccc(N(c2ccccc2-c2cccc3c2ccc2ccccc23)c2ccccc2-c2cccc3cccc(C4CCCCC4)c23)c(-c2cccc3c2ccc2ccccc23)c1. The molecule has 0 aromatic heterocycles. The van der Waals surface area contributed by atoms with Gasteiger partial charge in [-0.3, -0.25) is 0 Å². The first-order valence-corrected chi connectivity index (χ1v) is 22.7. The third-order valence-electron chi connectivity index (χ3n) is 13.9. The molecule has 1 heteroatoms. The van der Waals surface area contributed by atoms with Gasteiger partial charge in [0.25, 0.3) is 0 Å². The zero-order valence-electron chi connectivity index (χ0n) is 35.3. The highest BCUT2D eigenvalue weighted by Crippen LogP contribution is 2.51. The summed E-state index contributed by atoms with van der Waals surface area (Å²) < 4.78 is 0. The van der Waals surface area contributed by atoms with E-state index >= 15 is 0 Å². The third kappa shape index (κ3) is 6.38. The minimum Gasteiger partial charge on any atom is -0.309 e. The lowest BCUT2D eigenvalue weighted by atomic mass is 9.80. The Morgan fingerprint density at radius 1 is 0.270 bits per heavy atom. The molecule has 1 saturated carbocycles. The second-order valence-corrected chi connectivity index (χ2v) is 17.3. The van der Waals surface area contributed by atoms with Gasteiger partial charge < -0.3 is 4.90 Å². The Balaban J connectivity index is 1.15. The summed E-state index contributed by atoms with van der Waals surface area (Å²) in [6.45, 7) is 0. The van der Waals surface area contributed by atoms with Crippen LogP contribution in [0.5, 0.6) is 0 Å². The second-order valence-electron chi connectivity index (χ2n) is 17.3. The van der Waals surface area contributed by atoms with E-state index in [-0.39, 0.29) is 0 Å². The molecule has 11 aromatic rings. The van der Waals surface area contributed by atoms with E-state index in [1.165, 1.54) is 125 Å². The van der Waals surface area contributed by atoms with Gasteiger partial charge in [-0.1, -0.05) is 219 Å². The van der Waals surface area contributed by atoms with E-state index < -0.39 is 0 Å². The predicted octanol–water partition coefficient (Wildman–Crippen LogP) is 18.0. The van der Waals surface area contributed by atoms with E-state index in [1.807, 2.05) is 0 Å². The number of fused-ring (bicyclic) bond motifs is 7. The van der Waals surface area contributed by atoms with Crippen LogP contribution in [0, 0.1) is 0 Å². The Morgan fingerprint density at radius 2 is 0.667 bits per heavy atom. The zero-order chi connectivity index (χ0) is 41.7. The highest BCUT2D eigenvalue weighted by molar-refractivity contribution is 6.16. The van der Waals surface area contributed by atoms with Crippen molar-refractivity contribution in [3.05, 3.63) is 224 Å². The van der Waals surface area contributed by atoms with Crippen LogP contribution in [0.4, 0.5) is 17.1 Å². The van der Waals surface area contributed by atoms with Crippen molar-refractivity contribution in [2.75, 3.05) is 4.90 Å². The van der Waals surface area contributed by atoms with Gasteiger partial charge in [0.05, 0.1) is 17.1 Å². The molecule has 1 aliphatic rings. The van der Waals surface area contributed by atoms with Crippen LogP contribution in [-0.4, -0.2) is 0 Å². The maximum Gasteiger partial charge on any atom is 0.0540 e. The second kappa shape index (κ2) is 15.8. The molecule has 0 atom stereocenters. The Morgan fingerprint density at radius 3 is 1.22 bits per heavy atom. The molecule has 0 heterocycles. The van der Waals surface area contributed by atoms with Gasteiger partial charge in [0.2, 0.25) is 0 Å². The Labute approximate surface area is 369 Å². The highest BCUT2D eigenvalue weighted by Gasteiger charge is 2.26. The quantitative estimate of drug-likeness (QED) is 0.145. The fraction of sp³-hybridized carbons (Fsp3) is 0.0968. The van der Waals surface area contributed by atoms with Gasteiger partial charge in [-0.05, 0) is 113 Å². The number of para-hydroxylation sites is 3. The van der Waals surface area contributed by atoms with Crippen LogP contribution in [0.25, 0.3) is 87.2 Å². The molecule has 1 aliphatic carbocycles. The Hall–Kier alpha value is -7.48. The van der Waals surface area contributed by atoms with Gasteiger partial charge in [-0.25, -0.2) is 0 Å². The van der Waals surface area contributed by atoms with Gasteiger partial charge in [0.15, 0.2) is 0 Å². The minimum atomic E-state index is 0.568. The molecule has 1 fully saturated rings. The summed E-state index contributed by atoms with van der Waals surface area (Å²) in [6.07, 6.45) is 6.44. The molecule has 0 radical (unpaired) electrons. The van der Waals surface area contributed by atoms with Gasteiger partial charge in [-0.15, -0.1) is 0 Å². The van der Waals surface area contributed by atoms with Gasteiger partial charge in [-0.2, -0.15) is 0 Å². The molecule has 300 valence electrons. The van der Waals surface area contributed by atoms with Crippen molar-refractivity contribution >= 4 is 70.9 Å². The van der Waals surface area contributed by atoms with Crippen molar-refractivity contribution in [3.63, 3.8) is 0 Å². The number of nitrogens with zero attached hydrogens (tertiary/aromatic N) is 1. The number of anilines is 3. The predicted molar refractivity (Wildman–Crippen MR) is 271 cm³/mol. The Bertz CT molecular complexity index is 3350. The molecule has 0 amide bonds. The fourth-order valence-corrected chi connectivity index (χ4v) is 11.0. The summed E-state index contributed by atoms with van der Waals surface area (Å²) in [5.74, 6) is 0.568. The van der Waals surface area contributed by atoms with E-state index in [1.54, 1.807) is 0 Å². The fourth-order valence-electron chi connectivity index (χ4n) is 11.0. The molecule has 0 N–H and O–H groups in total.